The Kier molecular flexibility index (Phi) is 5.68. The van der Waals surface area contributed by atoms with E-state index in [9.17, 15) is 4.79 Å². The summed E-state index contributed by atoms with van der Waals surface area (Å²) in [6.07, 6.45) is 8.44. The van der Waals surface area contributed by atoms with Crippen LogP contribution in [0, 0.1) is 0 Å². The van der Waals surface area contributed by atoms with E-state index in [1.165, 1.54) is 11.3 Å². The average Bonchev–Trinajstić information content (AvgIpc) is 3.15. The number of rotatable bonds is 6. The number of hydrogen-bond acceptors (Lipinski definition) is 7. The van der Waals surface area contributed by atoms with Gasteiger partial charge in [-0.25, -0.2) is 0 Å². The van der Waals surface area contributed by atoms with Gasteiger partial charge >= 0.3 is 0 Å². The number of methoxy groups -OCH3 is 1. The number of carbonyl (C=O) groups excluding carboxylic acids is 1. The second-order valence-electron chi connectivity index (χ2n) is 6.11. The first kappa shape index (κ1) is 18.6. The lowest BCUT2D eigenvalue weighted by molar-refractivity contribution is -0.115. The largest absolute Gasteiger partial charge is 0.496 e. The summed E-state index contributed by atoms with van der Waals surface area (Å²) >= 11 is 2.90. The third kappa shape index (κ3) is 4.23. The Bertz CT molecular complexity index is 1130. The summed E-state index contributed by atoms with van der Waals surface area (Å²) in [6.45, 7) is 0. The van der Waals surface area contributed by atoms with Crippen molar-refractivity contribution in [2.24, 2.45) is 0 Å². The highest BCUT2D eigenvalue weighted by atomic mass is 32.2. The minimum Gasteiger partial charge on any atom is -0.496 e. The first-order valence-electron chi connectivity index (χ1n) is 8.81. The van der Waals surface area contributed by atoms with Crippen LogP contribution < -0.4 is 20.6 Å². The minimum absolute atomic E-state index is 0.151. The van der Waals surface area contributed by atoms with Crippen LogP contribution >= 0.6 is 23.1 Å². The maximum absolute atomic E-state index is 12.4. The zero-order valence-electron chi connectivity index (χ0n) is 15.2. The summed E-state index contributed by atoms with van der Waals surface area (Å²) in [5.74, 6) is 0.545. The number of aromatic nitrogens is 3. The molecular weight excluding hydrogens is 392 g/mol. The van der Waals surface area contributed by atoms with Crippen LogP contribution in [0.25, 0.3) is 12.2 Å². The fourth-order valence-corrected chi connectivity index (χ4v) is 4.82. The molecule has 28 heavy (non-hydrogen) atoms. The van der Waals surface area contributed by atoms with E-state index in [4.69, 9.17) is 4.74 Å². The molecule has 8 heteroatoms. The Morgan fingerprint density at radius 2 is 2.07 bits per heavy atom. The molecule has 0 saturated carbocycles. The van der Waals surface area contributed by atoms with Gasteiger partial charge < -0.3 is 10.1 Å². The van der Waals surface area contributed by atoms with Crippen LogP contribution in [0.4, 0.5) is 5.13 Å². The van der Waals surface area contributed by atoms with E-state index >= 15 is 0 Å². The third-order valence-electron chi connectivity index (χ3n) is 4.23. The molecule has 0 radical (unpaired) electrons. The second kappa shape index (κ2) is 8.53. The van der Waals surface area contributed by atoms with Crippen molar-refractivity contribution in [2.75, 3.05) is 12.4 Å². The maximum Gasteiger partial charge on any atom is 0.230 e. The molecule has 4 rings (SSSR count). The van der Waals surface area contributed by atoms with Gasteiger partial charge in [0, 0.05) is 21.9 Å². The summed E-state index contributed by atoms with van der Waals surface area (Å²) in [5.41, 5.74) is 0.830. The van der Waals surface area contributed by atoms with E-state index in [2.05, 4.69) is 32.7 Å². The number of hydrogen-bond donors (Lipinski definition) is 1. The highest BCUT2D eigenvalue weighted by molar-refractivity contribution is 8.01. The molecule has 0 unspecified atom stereocenters. The lowest BCUT2D eigenvalue weighted by atomic mass is 10.1. The van der Waals surface area contributed by atoms with Gasteiger partial charge in [0.2, 0.25) is 11.0 Å². The number of para-hydroxylation sites is 1. The number of amides is 1. The van der Waals surface area contributed by atoms with Crippen LogP contribution in [-0.4, -0.2) is 28.2 Å². The quantitative estimate of drug-likeness (QED) is 0.630. The summed E-state index contributed by atoms with van der Waals surface area (Å²) in [4.78, 5) is 17.9. The number of anilines is 1. The molecule has 6 nitrogen and oxygen atoms in total. The predicted octanol–water partition coefficient (Wildman–Crippen LogP) is 2.63. The van der Waals surface area contributed by atoms with E-state index in [0.29, 0.717) is 10.9 Å². The van der Waals surface area contributed by atoms with Crippen molar-refractivity contribution in [3.63, 3.8) is 0 Å². The topological polar surface area (TPSA) is 77.0 Å². The van der Waals surface area contributed by atoms with Crippen molar-refractivity contribution in [2.45, 2.75) is 28.5 Å². The maximum atomic E-state index is 12.4. The Balaban J connectivity index is 1.45. The zero-order valence-corrected chi connectivity index (χ0v) is 16.8. The standard InChI is InChI=1S/C20H18N4O2S2/c1-26-16-9-5-2-6-13(16)12-18(25)22-19-23-24-20(28-19)27-17-10-11-21-15-8-4-3-7-14(15)17/h2,5-11H,3-4,12H2,1H3,(H,22,23,25). The molecule has 0 atom stereocenters. The van der Waals surface area contributed by atoms with E-state index < -0.39 is 0 Å². The number of pyridine rings is 1. The molecule has 0 aliphatic heterocycles. The highest BCUT2D eigenvalue weighted by Gasteiger charge is 2.13. The lowest BCUT2D eigenvalue weighted by Crippen LogP contribution is -2.31. The molecular formula is C20H18N4O2S2. The van der Waals surface area contributed by atoms with Gasteiger partial charge in [-0.3, -0.25) is 9.78 Å². The van der Waals surface area contributed by atoms with Gasteiger partial charge in [0.25, 0.3) is 0 Å². The number of carbonyl (C=O) groups is 1. The van der Waals surface area contributed by atoms with Crippen molar-refractivity contribution in [3.05, 3.63) is 52.7 Å². The molecule has 0 spiro atoms. The molecule has 2 heterocycles. The number of fused-ring (bicyclic) bond motifs is 1. The number of nitrogens with one attached hydrogen (secondary N) is 1. The Labute approximate surface area is 170 Å². The Morgan fingerprint density at radius 1 is 1.21 bits per heavy atom. The van der Waals surface area contributed by atoms with E-state index in [-0.39, 0.29) is 12.3 Å². The summed E-state index contributed by atoms with van der Waals surface area (Å²) < 4.78 is 6.07. The summed E-state index contributed by atoms with van der Waals surface area (Å²) in [5, 5.41) is 13.8. The normalized spacial score (nSPS) is 12.5. The molecule has 0 saturated heterocycles. The molecule has 0 fully saturated rings. The van der Waals surface area contributed by atoms with Crippen LogP contribution in [0.3, 0.4) is 0 Å². The summed E-state index contributed by atoms with van der Waals surface area (Å²) in [6, 6.07) is 9.46. The molecule has 142 valence electrons. The van der Waals surface area contributed by atoms with Crippen molar-refractivity contribution < 1.29 is 9.53 Å². The SMILES string of the molecule is COc1ccccc1CC(=O)Nc1nnc(Sc2ccnc3c2=CCCC=3)s1. The molecule has 3 aromatic rings. The molecule has 1 N–H and O–H groups in total. The number of nitrogens with zero attached hydrogens (tertiary/aromatic N) is 3. The average molecular weight is 411 g/mol. The van der Waals surface area contributed by atoms with Gasteiger partial charge in [-0.15, -0.1) is 10.2 Å². The second-order valence-corrected chi connectivity index (χ2v) is 8.37. The van der Waals surface area contributed by atoms with E-state index in [1.807, 2.05) is 36.5 Å². The molecule has 1 aromatic carbocycles. The van der Waals surface area contributed by atoms with Gasteiger partial charge in [-0.1, -0.05) is 53.4 Å². The molecule has 1 amide bonds. The van der Waals surface area contributed by atoms with Gasteiger partial charge in [0.05, 0.1) is 18.9 Å². The van der Waals surface area contributed by atoms with Crippen molar-refractivity contribution >= 4 is 46.3 Å². The zero-order chi connectivity index (χ0) is 19.3. The fourth-order valence-electron chi connectivity index (χ4n) is 2.96. The van der Waals surface area contributed by atoms with Crippen LogP contribution in [0.5, 0.6) is 5.75 Å². The van der Waals surface area contributed by atoms with Gasteiger partial charge in [0.15, 0.2) is 4.34 Å². The highest BCUT2D eigenvalue weighted by Crippen LogP contribution is 2.30. The number of ether oxygens (including phenoxy) is 1. The van der Waals surface area contributed by atoms with Crippen molar-refractivity contribution in [3.8, 4) is 5.75 Å². The van der Waals surface area contributed by atoms with Crippen LogP contribution in [0.1, 0.15) is 18.4 Å². The predicted molar refractivity (Wildman–Crippen MR) is 111 cm³/mol. The first-order valence-corrected chi connectivity index (χ1v) is 10.4. The van der Waals surface area contributed by atoms with Gasteiger partial charge in [-0.2, -0.15) is 0 Å². The third-order valence-corrected chi connectivity index (χ3v) is 6.19. The lowest BCUT2D eigenvalue weighted by Gasteiger charge is -2.07. The van der Waals surface area contributed by atoms with Crippen LogP contribution in [0.2, 0.25) is 0 Å². The fraction of sp³-hybridized carbons (Fsp3) is 0.200. The molecule has 0 bridgehead atoms. The molecule has 2 aromatic heterocycles. The summed E-state index contributed by atoms with van der Waals surface area (Å²) in [7, 11) is 1.60. The number of benzene rings is 1. The first-order chi connectivity index (χ1) is 13.7. The minimum atomic E-state index is -0.151. The van der Waals surface area contributed by atoms with Gasteiger partial charge in [0.1, 0.15) is 5.75 Å². The van der Waals surface area contributed by atoms with Crippen molar-refractivity contribution in [1.82, 2.24) is 15.2 Å². The Hall–Kier alpha value is -2.71. The van der Waals surface area contributed by atoms with Crippen LogP contribution in [-0.2, 0) is 11.2 Å². The molecule has 1 aliphatic carbocycles. The van der Waals surface area contributed by atoms with Crippen LogP contribution in [0.15, 0.2) is 45.8 Å². The monoisotopic (exact) mass is 410 g/mol. The Morgan fingerprint density at radius 3 is 2.96 bits per heavy atom. The molecule has 1 aliphatic rings. The van der Waals surface area contributed by atoms with Gasteiger partial charge in [-0.05, 0) is 25.0 Å². The van der Waals surface area contributed by atoms with Crippen molar-refractivity contribution in [1.29, 1.82) is 0 Å². The van der Waals surface area contributed by atoms with E-state index in [0.717, 1.165) is 38.2 Å². The smallest absolute Gasteiger partial charge is 0.230 e. The van der Waals surface area contributed by atoms with E-state index in [1.54, 1.807) is 18.9 Å².